The van der Waals surface area contributed by atoms with Crippen LogP contribution >= 0.6 is 0 Å². The van der Waals surface area contributed by atoms with Gasteiger partial charge >= 0.3 is 6.03 Å². The van der Waals surface area contributed by atoms with Gasteiger partial charge in [0.2, 0.25) is 0 Å². The molecule has 6 heteroatoms. The number of aromatic nitrogens is 1. The first kappa shape index (κ1) is 16.5. The van der Waals surface area contributed by atoms with Crippen LogP contribution in [0.5, 0.6) is 0 Å². The van der Waals surface area contributed by atoms with Crippen molar-refractivity contribution in [1.29, 1.82) is 0 Å². The number of aliphatic hydroxyl groups excluding tert-OH is 1. The summed E-state index contributed by atoms with van der Waals surface area (Å²) in [5.41, 5.74) is 1.99. The van der Waals surface area contributed by atoms with Crippen molar-refractivity contribution in [2.24, 2.45) is 0 Å². The summed E-state index contributed by atoms with van der Waals surface area (Å²) in [5, 5.41) is 14.1. The maximum absolute atomic E-state index is 12.0. The van der Waals surface area contributed by atoms with Crippen LogP contribution < -0.4 is 10.2 Å². The number of piperidine rings is 1. The van der Waals surface area contributed by atoms with E-state index in [0.717, 1.165) is 36.0 Å². The summed E-state index contributed by atoms with van der Waals surface area (Å²) in [6, 6.07) is 9.66. The molecule has 0 radical (unpaired) electrons. The Balaban J connectivity index is 1.92. The minimum Gasteiger partial charge on any atom is -0.394 e. The van der Waals surface area contributed by atoms with E-state index in [4.69, 9.17) is 0 Å². The van der Waals surface area contributed by atoms with Crippen molar-refractivity contribution in [3.05, 3.63) is 36.5 Å². The number of amides is 2. The zero-order chi connectivity index (χ0) is 17.1. The van der Waals surface area contributed by atoms with Gasteiger partial charge in [-0.1, -0.05) is 6.07 Å². The van der Waals surface area contributed by atoms with Gasteiger partial charge in [0.05, 0.1) is 24.2 Å². The number of nitrogens with one attached hydrogen (secondary N) is 1. The monoisotopic (exact) mass is 328 g/mol. The summed E-state index contributed by atoms with van der Waals surface area (Å²) in [5.74, 6) is 0. The fraction of sp³-hybridized carbons (Fsp3) is 0.444. The molecule has 1 aromatic heterocycles. The molecule has 3 rings (SSSR count). The molecule has 1 aromatic carbocycles. The van der Waals surface area contributed by atoms with Crippen LogP contribution in [0, 0.1) is 0 Å². The summed E-state index contributed by atoms with van der Waals surface area (Å²) in [4.78, 5) is 20.2. The Labute approximate surface area is 142 Å². The normalized spacial score (nSPS) is 20.9. The largest absolute Gasteiger partial charge is 0.394 e. The predicted molar refractivity (Wildman–Crippen MR) is 95.2 cm³/mol. The average Bonchev–Trinajstić information content (AvgIpc) is 2.61. The standard InChI is InChI=1S/C18H24N4O2/c1-21(2)18(24)20-15-8-5-11-22(17(15)12-23)16-9-3-7-14-13(16)6-4-10-19-14/h3-4,6-7,9-10,15,17,23H,5,8,11-12H2,1-2H3,(H,20,24). The average molecular weight is 328 g/mol. The SMILES string of the molecule is CN(C)C(=O)NC1CCCN(c2cccc3ncccc23)C1CO. The minimum atomic E-state index is -0.145. The number of benzene rings is 1. The van der Waals surface area contributed by atoms with E-state index in [1.165, 1.54) is 4.90 Å². The fourth-order valence-corrected chi connectivity index (χ4v) is 3.38. The fourth-order valence-electron chi connectivity index (χ4n) is 3.38. The Morgan fingerprint density at radius 3 is 2.96 bits per heavy atom. The van der Waals surface area contributed by atoms with Crippen LogP contribution in [0.4, 0.5) is 10.5 Å². The Morgan fingerprint density at radius 1 is 1.38 bits per heavy atom. The molecule has 2 atom stereocenters. The lowest BCUT2D eigenvalue weighted by Gasteiger charge is -2.42. The molecule has 24 heavy (non-hydrogen) atoms. The van der Waals surface area contributed by atoms with Crippen LogP contribution in [0.1, 0.15) is 12.8 Å². The van der Waals surface area contributed by atoms with Crippen molar-refractivity contribution in [2.45, 2.75) is 24.9 Å². The van der Waals surface area contributed by atoms with E-state index in [9.17, 15) is 9.90 Å². The molecule has 1 aliphatic rings. The van der Waals surface area contributed by atoms with Crippen LogP contribution in [0.15, 0.2) is 36.5 Å². The third-order valence-electron chi connectivity index (χ3n) is 4.61. The van der Waals surface area contributed by atoms with Crippen LogP contribution in [-0.2, 0) is 0 Å². The van der Waals surface area contributed by atoms with E-state index in [1.807, 2.05) is 24.3 Å². The zero-order valence-corrected chi connectivity index (χ0v) is 14.1. The Hall–Kier alpha value is -2.34. The highest BCUT2D eigenvalue weighted by atomic mass is 16.3. The highest BCUT2D eigenvalue weighted by Gasteiger charge is 2.33. The van der Waals surface area contributed by atoms with E-state index in [-0.39, 0.29) is 24.7 Å². The molecule has 2 unspecified atom stereocenters. The van der Waals surface area contributed by atoms with E-state index < -0.39 is 0 Å². The predicted octanol–water partition coefficient (Wildman–Crippen LogP) is 1.84. The van der Waals surface area contributed by atoms with Gasteiger partial charge < -0.3 is 20.2 Å². The number of hydrogen-bond donors (Lipinski definition) is 2. The first-order valence-electron chi connectivity index (χ1n) is 8.31. The number of urea groups is 1. The molecule has 2 aromatic rings. The number of carbonyl (C=O) groups excluding carboxylic acids is 1. The third kappa shape index (κ3) is 3.14. The van der Waals surface area contributed by atoms with Gasteiger partial charge in [0.15, 0.2) is 0 Å². The molecular formula is C18H24N4O2. The minimum absolute atomic E-state index is 0.00494. The van der Waals surface area contributed by atoms with E-state index in [2.05, 4.69) is 21.3 Å². The number of carbonyl (C=O) groups is 1. The van der Waals surface area contributed by atoms with Gasteiger partial charge in [-0.25, -0.2) is 4.79 Å². The summed E-state index contributed by atoms with van der Waals surface area (Å²) in [6.07, 6.45) is 3.61. The summed E-state index contributed by atoms with van der Waals surface area (Å²) < 4.78 is 0. The summed E-state index contributed by atoms with van der Waals surface area (Å²) >= 11 is 0. The molecule has 0 spiro atoms. The molecule has 0 saturated carbocycles. The van der Waals surface area contributed by atoms with Crippen molar-refractivity contribution in [3.63, 3.8) is 0 Å². The number of rotatable bonds is 3. The number of nitrogens with zero attached hydrogens (tertiary/aromatic N) is 3. The van der Waals surface area contributed by atoms with Gasteiger partial charge in [-0.15, -0.1) is 0 Å². The van der Waals surface area contributed by atoms with Crippen molar-refractivity contribution in [2.75, 3.05) is 32.1 Å². The zero-order valence-electron chi connectivity index (χ0n) is 14.1. The maximum Gasteiger partial charge on any atom is 0.317 e. The summed E-state index contributed by atoms with van der Waals surface area (Å²) in [7, 11) is 3.44. The molecule has 6 nitrogen and oxygen atoms in total. The van der Waals surface area contributed by atoms with E-state index >= 15 is 0 Å². The molecule has 0 bridgehead atoms. The highest BCUT2D eigenvalue weighted by molar-refractivity contribution is 5.92. The molecule has 1 aliphatic heterocycles. The molecule has 0 aliphatic carbocycles. The smallest absolute Gasteiger partial charge is 0.317 e. The van der Waals surface area contributed by atoms with Gasteiger partial charge in [0.1, 0.15) is 0 Å². The molecule has 1 fully saturated rings. The first-order valence-corrected chi connectivity index (χ1v) is 8.31. The van der Waals surface area contributed by atoms with Crippen LogP contribution in [0.3, 0.4) is 0 Å². The molecule has 2 N–H and O–H groups in total. The first-order chi connectivity index (χ1) is 11.6. The number of fused-ring (bicyclic) bond motifs is 1. The van der Waals surface area contributed by atoms with Gasteiger partial charge in [0.25, 0.3) is 0 Å². The lowest BCUT2D eigenvalue weighted by Crippen LogP contribution is -2.58. The van der Waals surface area contributed by atoms with E-state index in [0.29, 0.717) is 0 Å². The lowest BCUT2D eigenvalue weighted by molar-refractivity contribution is 0.187. The van der Waals surface area contributed by atoms with Crippen LogP contribution in [-0.4, -0.2) is 60.4 Å². The second-order valence-electron chi connectivity index (χ2n) is 6.38. The number of anilines is 1. The van der Waals surface area contributed by atoms with Crippen molar-refractivity contribution < 1.29 is 9.90 Å². The van der Waals surface area contributed by atoms with Crippen LogP contribution in [0.25, 0.3) is 10.9 Å². The van der Waals surface area contributed by atoms with Gasteiger partial charge in [-0.05, 0) is 37.1 Å². The second-order valence-corrected chi connectivity index (χ2v) is 6.38. The second kappa shape index (κ2) is 7.05. The van der Waals surface area contributed by atoms with Crippen molar-refractivity contribution in [1.82, 2.24) is 15.2 Å². The topological polar surface area (TPSA) is 68.7 Å². The molecule has 2 heterocycles. The van der Waals surface area contributed by atoms with Crippen molar-refractivity contribution in [3.8, 4) is 0 Å². The lowest BCUT2D eigenvalue weighted by atomic mass is 9.95. The van der Waals surface area contributed by atoms with Crippen molar-refractivity contribution >= 4 is 22.6 Å². The number of pyridine rings is 1. The third-order valence-corrected chi connectivity index (χ3v) is 4.61. The molecular weight excluding hydrogens is 304 g/mol. The Kier molecular flexibility index (Phi) is 4.85. The highest BCUT2D eigenvalue weighted by Crippen LogP contribution is 2.31. The molecule has 1 saturated heterocycles. The maximum atomic E-state index is 12.0. The Bertz CT molecular complexity index is 714. The quantitative estimate of drug-likeness (QED) is 0.902. The number of aliphatic hydroxyl groups is 1. The molecule has 2 amide bonds. The van der Waals surface area contributed by atoms with E-state index in [1.54, 1.807) is 20.3 Å². The Morgan fingerprint density at radius 2 is 2.21 bits per heavy atom. The van der Waals surface area contributed by atoms with Gasteiger partial charge in [0, 0.05) is 37.9 Å². The van der Waals surface area contributed by atoms with Crippen LogP contribution in [0.2, 0.25) is 0 Å². The molecule has 128 valence electrons. The van der Waals surface area contributed by atoms with Gasteiger partial charge in [-0.3, -0.25) is 4.98 Å². The van der Waals surface area contributed by atoms with Gasteiger partial charge in [-0.2, -0.15) is 0 Å². The number of hydrogen-bond acceptors (Lipinski definition) is 4. The summed E-state index contributed by atoms with van der Waals surface area (Å²) in [6.45, 7) is 0.850.